The maximum Gasteiger partial charge on any atom is 0.260 e. The number of nitrogens with two attached hydrogens (primary N) is 1. The summed E-state index contributed by atoms with van der Waals surface area (Å²) < 4.78 is 5.33. The second kappa shape index (κ2) is 5.43. The van der Waals surface area contributed by atoms with Gasteiger partial charge >= 0.3 is 0 Å². The van der Waals surface area contributed by atoms with E-state index in [-0.39, 0.29) is 0 Å². The van der Waals surface area contributed by atoms with Crippen LogP contribution < -0.4 is 5.73 Å². The van der Waals surface area contributed by atoms with Crippen LogP contribution in [0, 0.1) is 0 Å². The maximum absolute atomic E-state index is 5.97. The summed E-state index contributed by atoms with van der Waals surface area (Å²) in [4.78, 5) is 4.47. The Bertz CT molecular complexity index is 581. The van der Waals surface area contributed by atoms with Gasteiger partial charge in [0.25, 0.3) is 5.89 Å². The van der Waals surface area contributed by atoms with Crippen molar-refractivity contribution in [3.05, 3.63) is 29.0 Å². The van der Waals surface area contributed by atoms with E-state index in [1.165, 1.54) is 12.8 Å². The van der Waals surface area contributed by atoms with Gasteiger partial charge in [0.1, 0.15) is 0 Å². The van der Waals surface area contributed by atoms with Crippen LogP contribution in [-0.2, 0) is 0 Å². The number of nitrogen functional groups attached to an aromatic ring is 1. The van der Waals surface area contributed by atoms with Gasteiger partial charge in [-0.1, -0.05) is 23.2 Å². The predicted octanol–water partition coefficient (Wildman–Crippen LogP) is 3.93. The molecule has 2 N–H and O–H groups in total. The highest BCUT2D eigenvalue weighted by atomic mass is 35.5. The fraction of sp³-hybridized carbons (Fsp3) is 0.385. The largest absolute Gasteiger partial charge is 0.398 e. The topological polar surface area (TPSA) is 64.9 Å². The van der Waals surface area contributed by atoms with Crippen LogP contribution in [0.4, 0.5) is 5.69 Å². The molecule has 0 spiro atoms. The number of anilines is 1. The van der Waals surface area contributed by atoms with Gasteiger partial charge in [-0.3, -0.25) is 0 Å². The summed E-state index contributed by atoms with van der Waals surface area (Å²) in [7, 11) is 0. The molecule has 1 aliphatic heterocycles. The van der Waals surface area contributed by atoms with Crippen molar-refractivity contribution in [3.63, 3.8) is 0 Å². The summed E-state index contributed by atoms with van der Waals surface area (Å²) in [6, 6.07) is 5.24. The number of nitrogens with zero attached hydrogens (tertiary/aromatic N) is 2. The molecule has 19 heavy (non-hydrogen) atoms. The number of rotatable bonds is 2. The molecule has 2 aromatic rings. The van der Waals surface area contributed by atoms with Crippen molar-refractivity contribution in [2.24, 2.45) is 0 Å². The van der Waals surface area contributed by atoms with E-state index in [2.05, 4.69) is 10.1 Å². The van der Waals surface area contributed by atoms with Crippen LogP contribution in [0.5, 0.6) is 0 Å². The second-order valence-electron chi connectivity index (χ2n) is 4.54. The monoisotopic (exact) mass is 295 g/mol. The fourth-order valence-corrected chi connectivity index (χ4v) is 3.54. The molecule has 0 aliphatic carbocycles. The molecule has 2 heterocycles. The summed E-state index contributed by atoms with van der Waals surface area (Å²) in [5.41, 5.74) is 7.21. The normalized spacial score (nSPS) is 19.5. The molecule has 1 atom stereocenters. The average molecular weight is 296 g/mol. The summed E-state index contributed by atoms with van der Waals surface area (Å²) in [5.74, 6) is 2.37. The third kappa shape index (κ3) is 2.72. The Kier molecular flexibility index (Phi) is 3.66. The minimum absolute atomic E-state index is 0.339. The van der Waals surface area contributed by atoms with Crippen molar-refractivity contribution < 1.29 is 4.52 Å². The molecule has 100 valence electrons. The number of hydrogen-bond donors (Lipinski definition) is 1. The van der Waals surface area contributed by atoms with Crippen molar-refractivity contribution in [2.45, 2.75) is 24.5 Å². The molecule has 4 nitrogen and oxygen atoms in total. The van der Waals surface area contributed by atoms with E-state index in [1.54, 1.807) is 18.2 Å². The lowest BCUT2D eigenvalue weighted by Crippen LogP contribution is -2.03. The van der Waals surface area contributed by atoms with E-state index in [4.69, 9.17) is 21.9 Å². The number of benzene rings is 1. The Labute approximate surface area is 120 Å². The molecule has 6 heteroatoms. The Morgan fingerprint density at radius 1 is 1.37 bits per heavy atom. The van der Waals surface area contributed by atoms with Crippen LogP contribution in [0.15, 0.2) is 22.7 Å². The highest BCUT2D eigenvalue weighted by Crippen LogP contribution is 2.38. The summed E-state index contributed by atoms with van der Waals surface area (Å²) in [6.45, 7) is 0. The van der Waals surface area contributed by atoms with Gasteiger partial charge in [0.15, 0.2) is 5.82 Å². The maximum atomic E-state index is 5.97. The predicted molar refractivity (Wildman–Crippen MR) is 78.2 cm³/mol. The van der Waals surface area contributed by atoms with Crippen LogP contribution in [0.1, 0.15) is 30.3 Å². The molecule has 3 rings (SSSR count). The standard InChI is InChI=1S/C13H14ClN3OS/c14-8-4-5-10(15)9(7-8)13-16-12(17-18-13)11-3-1-2-6-19-11/h4-5,7,11H,1-3,6,15H2. The third-order valence-electron chi connectivity index (χ3n) is 3.16. The molecule has 1 aliphatic rings. The van der Waals surface area contributed by atoms with Crippen LogP contribution in [0.25, 0.3) is 11.5 Å². The smallest absolute Gasteiger partial charge is 0.260 e. The Balaban J connectivity index is 1.89. The van der Waals surface area contributed by atoms with Crippen molar-refractivity contribution in [1.82, 2.24) is 10.1 Å². The molecular weight excluding hydrogens is 282 g/mol. The van der Waals surface area contributed by atoms with Crippen LogP contribution in [0.3, 0.4) is 0 Å². The van der Waals surface area contributed by atoms with E-state index in [1.807, 2.05) is 11.8 Å². The molecule has 1 unspecified atom stereocenters. The molecule has 0 amide bonds. The zero-order valence-electron chi connectivity index (χ0n) is 10.3. The minimum Gasteiger partial charge on any atom is -0.398 e. The quantitative estimate of drug-likeness (QED) is 0.850. The zero-order valence-corrected chi connectivity index (χ0v) is 11.9. The zero-order chi connectivity index (χ0) is 13.2. The van der Waals surface area contributed by atoms with Crippen LogP contribution in [-0.4, -0.2) is 15.9 Å². The van der Waals surface area contributed by atoms with Crippen LogP contribution in [0.2, 0.25) is 5.02 Å². The molecule has 0 radical (unpaired) electrons. The highest BCUT2D eigenvalue weighted by molar-refractivity contribution is 7.99. The van der Waals surface area contributed by atoms with Crippen molar-refractivity contribution in [2.75, 3.05) is 11.5 Å². The van der Waals surface area contributed by atoms with Crippen molar-refractivity contribution in [1.29, 1.82) is 0 Å². The van der Waals surface area contributed by atoms with Gasteiger partial charge in [-0.25, -0.2) is 0 Å². The minimum atomic E-state index is 0.339. The number of thioether (sulfide) groups is 1. The van der Waals surface area contributed by atoms with Gasteiger partial charge in [-0.2, -0.15) is 16.7 Å². The van der Waals surface area contributed by atoms with E-state index in [0.29, 0.717) is 27.4 Å². The third-order valence-corrected chi connectivity index (χ3v) is 4.76. The molecule has 1 aromatic heterocycles. The Morgan fingerprint density at radius 2 is 2.26 bits per heavy atom. The Morgan fingerprint density at radius 3 is 3.05 bits per heavy atom. The van der Waals surface area contributed by atoms with E-state index in [9.17, 15) is 0 Å². The molecule has 0 bridgehead atoms. The van der Waals surface area contributed by atoms with Gasteiger partial charge in [-0.15, -0.1) is 0 Å². The first-order valence-corrected chi connectivity index (χ1v) is 7.67. The van der Waals surface area contributed by atoms with Gasteiger partial charge < -0.3 is 10.3 Å². The van der Waals surface area contributed by atoms with E-state index >= 15 is 0 Å². The first-order chi connectivity index (χ1) is 9.24. The molecule has 1 fully saturated rings. The lowest BCUT2D eigenvalue weighted by molar-refractivity contribution is 0.420. The second-order valence-corrected chi connectivity index (χ2v) is 6.29. The van der Waals surface area contributed by atoms with Crippen molar-refractivity contribution >= 4 is 29.1 Å². The Hall–Kier alpha value is -1.20. The SMILES string of the molecule is Nc1ccc(Cl)cc1-c1nc(C2CCCCS2)no1. The molecule has 0 saturated carbocycles. The van der Waals surface area contributed by atoms with Crippen molar-refractivity contribution in [3.8, 4) is 11.5 Å². The van der Waals surface area contributed by atoms with Crippen LogP contribution >= 0.6 is 23.4 Å². The average Bonchev–Trinajstić information content (AvgIpc) is 2.92. The van der Waals surface area contributed by atoms with Gasteiger partial charge in [0.05, 0.1) is 10.8 Å². The molecular formula is C13H14ClN3OS. The highest BCUT2D eigenvalue weighted by Gasteiger charge is 2.22. The fourth-order valence-electron chi connectivity index (χ4n) is 2.13. The van der Waals surface area contributed by atoms with Gasteiger partial charge in [0, 0.05) is 10.7 Å². The molecule has 1 aromatic carbocycles. The van der Waals surface area contributed by atoms with Gasteiger partial charge in [-0.05, 0) is 36.8 Å². The summed E-state index contributed by atoms with van der Waals surface area (Å²) in [5, 5.41) is 5.03. The first-order valence-electron chi connectivity index (χ1n) is 6.24. The molecule has 1 saturated heterocycles. The lowest BCUT2D eigenvalue weighted by Gasteiger charge is -2.17. The number of aromatic nitrogens is 2. The summed E-state index contributed by atoms with van der Waals surface area (Å²) in [6.07, 6.45) is 3.60. The van der Waals surface area contributed by atoms with Gasteiger partial charge in [0.2, 0.25) is 0 Å². The number of hydrogen-bond acceptors (Lipinski definition) is 5. The summed E-state index contributed by atoms with van der Waals surface area (Å²) >= 11 is 7.86. The number of halogens is 1. The van der Waals surface area contributed by atoms with E-state index in [0.717, 1.165) is 18.0 Å². The van der Waals surface area contributed by atoms with E-state index < -0.39 is 0 Å². The lowest BCUT2D eigenvalue weighted by atomic mass is 10.1. The first kappa shape index (κ1) is 12.8.